The quantitative estimate of drug-likeness (QED) is 0.888. The SMILES string of the molecule is C[C@H](c1cncc(Br)c1)N1CCNCC1. The minimum atomic E-state index is 0.456. The Hall–Kier alpha value is -0.450. The summed E-state index contributed by atoms with van der Waals surface area (Å²) in [6, 6.07) is 2.61. The van der Waals surface area contributed by atoms with Crippen molar-refractivity contribution in [2.24, 2.45) is 0 Å². The van der Waals surface area contributed by atoms with Gasteiger partial charge in [-0.05, 0) is 34.5 Å². The number of piperazine rings is 1. The lowest BCUT2D eigenvalue weighted by molar-refractivity contribution is 0.185. The maximum absolute atomic E-state index is 4.21. The van der Waals surface area contributed by atoms with Crippen molar-refractivity contribution in [1.29, 1.82) is 0 Å². The molecule has 0 spiro atoms. The lowest BCUT2D eigenvalue weighted by Gasteiger charge is -2.32. The summed E-state index contributed by atoms with van der Waals surface area (Å²) in [4.78, 5) is 6.70. The third kappa shape index (κ3) is 2.77. The Kier molecular flexibility index (Phi) is 3.72. The molecule has 0 radical (unpaired) electrons. The van der Waals surface area contributed by atoms with Gasteiger partial charge in [-0.2, -0.15) is 0 Å². The third-order valence-electron chi connectivity index (χ3n) is 2.91. The van der Waals surface area contributed by atoms with Crippen LogP contribution in [-0.4, -0.2) is 36.1 Å². The van der Waals surface area contributed by atoms with E-state index in [1.165, 1.54) is 5.56 Å². The van der Waals surface area contributed by atoms with Crippen molar-refractivity contribution in [2.75, 3.05) is 26.2 Å². The molecule has 1 N–H and O–H groups in total. The second-order valence-electron chi connectivity index (χ2n) is 3.90. The molecule has 1 fully saturated rings. The smallest absolute Gasteiger partial charge is 0.0410 e. The molecule has 1 aromatic heterocycles. The summed E-state index contributed by atoms with van der Waals surface area (Å²) in [6.45, 7) is 6.66. The van der Waals surface area contributed by atoms with Crippen LogP contribution in [0.3, 0.4) is 0 Å². The van der Waals surface area contributed by atoms with E-state index >= 15 is 0 Å². The Bertz CT molecular complexity index is 323. The van der Waals surface area contributed by atoms with Gasteiger partial charge in [0.15, 0.2) is 0 Å². The predicted molar refractivity (Wildman–Crippen MR) is 64.8 cm³/mol. The summed E-state index contributed by atoms with van der Waals surface area (Å²) < 4.78 is 1.06. The van der Waals surface area contributed by atoms with Crippen molar-refractivity contribution in [3.05, 3.63) is 28.5 Å². The maximum atomic E-state index is 4.21. The summed E-state index contributed by atoms with van der Waals surface area (Å²) >= 11 is 3.46. The molecule has 0 amide bonds. The Morgan fingerprint density at radius 1 is 1.40 bits per heavy atom. The molecule has 15 heavy (non-hydrogen) atoms. The van der Waals surface area contributed by atoms with Crippen molar-refractivity contribution in [2.45, 2.75) is 13.0 Å². The molecular weight excluding hydrogens is 254 g/mol. The van der Waals surface area contributed by atoms with Gasteiger partial charge in [-0.3, -0.25) is 9.88 Å². The molecular formula is C11H16BrN3. The number of pyridine rings is 1. The standard InChI is InChI=1S/C11H16BrN3/c1-9(15-4-2-13-3-5-15)10-6-11(12)8-14-7-10/h6-9,13H,2-5H2,1H3/t9-/m1/s1. The summed E-state index contributed by atoms with van der Waals surface area (Å²) in [6.07, 6.45) is 3.78. The van der Waals surface area contributed by atoms with Crippen molar-refractivity contribution < 1.29 is 0 Å². The van der Waals surface area contributed by atoms with E-state index < -0.39 is 0 Å². The summed E-state index contributed by atoms with van der Waals surface area (Å²) in [5, 5.41) is 3.37. The van der Waals surface area contributed by atoms with Crippen LogP contribution in [0.5, 0.6) is 0 Å². The Morgan fingerprint density at radius 2 is 2.13 bits per heavy atom. The minimum absolute atomic E-state index is 0.456. The van der Waals surface area contributed by atoms with Crippen molar-refractivity contribution in [3.63, 3.8) is 0 Å². The van der Waals surface area contributed by atoms with Gasteiger partial charge in [0.05, 0.1) is 0 Å². The molecule has 2 rings (SSSR count). The first-order valence-electron chi connectivity index (χ1n) is 5.32. The first-order chi connectivity index (χ1) is 7.27. The predicted octanol–water partition coefficient (Wildman–Crippen LogP) is 1.81. The van der Waals surface area contributed by atoms with Gasteiger partial charge in [0.2, 0.25) is 0 Å². The van der Waals surface area contributed by atoms with Gasteiger partial charge in [0.1, 0.15) is 0 Å². The topological polar surface area (TPSA) is 28.2 Å². The highest BCUT2D eigenvalue weighted by Gasteiger charge is 2.17. The average Bonchev–Trinajstić information content (AvgIpc) is 2.29. The highest BCUT2D eigenvalue weighted by atomic mass is 79.9. The Morgan fingerprint density at radius 3 is 2.80 bits per heavy atom. The second-order valence-corrected chi connectivity index (χ2v) is 4.81. The molecule has 3 nitrogen and oxygen atoms in total. The number of hydrogen-bond donors (Lipinski definition) is 1. The van der Waals surface area contributed by atoms with Crippen LogP contribution >= 0.6 is 15.9 Å². The molecule has 2 heterocycles. The van der Waals surface area contributed by atoms with Gasteiger partial charge in [-0.25, -0.2) is 0 Å². The van der Waals surface area contributed by atoms with Crippen LogP contribution in [0.15, 0.2) is 22.9 Å². The molecule has 82 valence electrons. The van der Waals surface area contributed by atoms with Crippen molar-refractivity contribution in [3.8, 4) is 0 Å². The van der Waals surface area contributed by atoms with E-state index in [0.29, 0.717) is 6.04 Å². The van der Waals surface area contributed by atoms with E-state index in [1.54, 1.807) is 0 Å². The summed E-state index contributed by atoms with van der Waals surface area (Å²) in [5.41, 5.74) is 1.28. The van der Waals surface area contributed by atoms with Crippen molar-refractivity contribution >= 4 is 15.9 Å². The molecule has 0 bridgehead atoms. The van der Waals surface area contributed by atoms with Gasteiger partial charge < -0.3 is 5.32 Å². The summed E-state index contributed by atoms with van der Waals surface area (Å²) in [7, 11) is 0. The monoisotopic (exact) mass is 269 g/mol. The Balaban J connectivity index is 2.08. The molecule has 4 heteroatoms. The van der Waals surface area contributed by atoms with Crippen LogP contribution in [0, 0.1) is 0 Å². The Labute approximate surface area is 99.0 Å². The van der Waals surface area contributed by atoms with E-state index in [9.17, 15) is 0 Å². The van der Waals surface area contributed by atoms with Gasteiger partial charge in [0.25, 0.3) is 0 Å². The number of halogens is 1. The van der Waals surface area contributed by atoms with Gasteiger partial charge in [-0.1, -0.05) is 0 Å². The van der Waals surface area contributed by atoms with Crippen molar-refractivity contribution in [1.82, 2.24) is 15.2 Å². The number of nitrogens with zero attached hydrogens (tertiary/aromatic N) is 2. The van der Waals surface area contributed by atoms with Gasteiger partial charge >= 0.3 is 0 Å². The molecule has 0 aliphatic carbocycles. The molecule has 0 aromatic carbocycles. The van der Waals surface area contributed by atoms with Crippen LogP contribution in [-0.2, 0) is 0 Å². The fourth-order valence-corrected chi connectivity index (χ4v) is 2.32. The zero-order chi connectivity index (χ0) is 10.7. The number of aromatic nitrogens is 1. The maximum Gasteiger partial charge on any atom is 0.0410 e. The van der Waals surface area contributed by atoms with Crippen LogP contribution < -0.4 is 5.32 Å². The second kappa shape index (κ2) is 5.05. The lowest BCUT2D eigenvalue weighted by atomic mass is 10.1. The fourth-order valence-electron chi connectivity index (χ4n) is 1.94. The van der Waals surface area contributed by atoms with E-state index in [4.69, 9.17) is 0 Å². The van der Waals surface area contributed by atoms with E-state index in [1.807, 2.05) is 12.4 Å². The highest BCUT2D eigenvalue weighted by Crippen LogP contribution is 2.22. The molecule has 1 aliphatic rings. The molecule has 1 saturated heterocycles. The average molecular weight is 270 g/mol. The third-order valence-corrected chi connectivity index (χ3v) is 3.34. The fraction of sp³-hybridized carbons (Fsp3) is 0.545. The molecule has 0 saturated carbocycles. The van der Waals surface area contributed by atoms with Gasteiger partial charge in [-0.15, -0.1) is 0 Å². The first-order valence-corrected chi connectivity index (χ1v) is 6.12. The van der Waals surface area contributed by atoms with Crippen LogP contribution in [0.4, 0.5) is 0 Å². The highest BCUT2D eigenvalue weighted by molar-refractivity contribution is 9.10. The number of nitrogens with one attached hydrogen (secondary N) is 1. The lowest BCUT2D eigenvalue weighted by Crippen LogP contribution is -2.44. The largest absolute Gasteiger partial charge is 0.314 e. The molecule has 1 atom stereocenters. The van der Waals surface area contributed by atoms with E-state index in [2.05, 4.69) is 44.1 Å². The molecule has 1 aliphatic heterocycles. The zero-order valence-corrected chi connectivity index (χ0v) is 10.5. The number of hydrogen-bond acceptors (Lipinski definition) is 3. The normalized spacial score (nSPS) is 20.1. The van der Waals surface area contributed by atoms with Crippen LogP contribution in [0.25, 0.3) is 0 Å². The van der Waals surface area contributed by atoms with Crippen LogP contribution in [0.1, 0.15) is 18.5 Å². The van der Waals surface area contributed by atoms with E-state index in [-0.39, 0.29) is 0 Å². The van der Waals surface area contributed by atoms with Crippen LogP contribution in [0.2, 0.25) is 0 Å². The van der Waals surface area contributed by atoms with Gasteiger partial charge in [0, 0.05) is 49.1 Å². The first kappa shape index (κ1) is 11.0. The molecule has 1 aromatic rings. The summed E-state index contributed by atoms with van der Waals surface area (Å²) in [5.74, 6) is 0. The number of rotatable bonds is 2. The van der Waals surface area contributed by atoms with E-state index in [0.717, 1.165) is 30.7 Å². The minimum Gasteiger partial charge on any atom is -0.314 e. The molecule has 0 unspecified atom stereocenters. The zero-order valence-electron chi connectivity index (χ0n) is 8.91.